The van der Waals surface area contributed by atoms with Crippen LogP contribution in [-0.4, -0.2) is 29.0 Å². The molecule has 2 rings (SSSR count). The molecule has 1 N–H and O–H groups in total. The van der Waals surface area contributed by atoms with Crippen LogP contribution in [-0.2, 0) is 16.1 Å². The predicted octanol–water partition coefficient (Wildman–Crippen LogP) is 2.91. The van der Waals surface area contributed by atoms with E-state index in [0.717, 1.165) is 13.0 Å². The van der Waals surface area contributed by atoms with E-state index in [2.05, 4.69) is 19.1 Å². The van der Waals surface area contributed by atoms with E-state index in [9.17, 15) is 5.11 Å². The van der Waals surface area contributed by atoms with Crippen LogP contribution < -0.4 is 0 Å². The summed E-state index contributed by atoms with van der Waals surface area (Å²) in [5, 5.41) is 9.84. The average molecular weight is 264 g/mol. The van der Waals surface area contributed by atoms with Crippen LogP contribution in [0.1, 0.15) is 39.2 Å². The Morgan fingerprint density at radius 1 is 1.37 bits per heavy atom. The lowest BCUT2D eigenvalue weighted by molar-refractivity contribution is -0.0304. The van der Waals surface area contributed by atoms with Gasteiger partial charge in [0.1, 0.15) is 5.60 Å². The highest BCUT2D eigenvalue weighted by Crippen LogP contribution is 2.35. The van der Waals surface area contributed by atoms with Crippen molar-refractivity contribution < 1.29 is 14.6 Å². The van der Waals surface area contributed by atoms with Crippen LogP contribution in [0, 0.1) is 0 Å². The normalized spacial score (nSPS) is 24.2. The van der Waals surface area contributed by atoms with Gasteiger partial charge in [-0.25, -0.2) is 0 Å². The van der Waals surface area contributed by atoms with Crippen LogP contribution in [0.5, 0.6) is 0 Å². The fraction of sp³-hybridized carbons (Fsp3) is 0.625. The van der Waals surface area contributed by atoms with Gasteiger partial charge in [0.25, 0.3) is 0 Å². The minimum absolute atomic E-state index is 0.0409. The SMILES string of the molecule is CC(C)(O)CC[C@@H](OCc1ccccc1)[C@@]1(C)CO1. The number of aliphatic hydroxyl groups is 1. The summed E-state index contributed by atoms with van der Waals surface area (Å²) < 4.78 is 11.5. The van der Waals surface area contributed by atoms with E-state index in [4.69, 9.17) is 9.47 Å². The van der Waals surface area contributed by atoms with Gasteiger partial charge in [0.2, 0.25) is 0 Å². The second kappa shape index (κ2) is 5.61. The molecule has 1 aliphatic heterocycles. The Balaban J connectivity index is 1.88. The van der Waals surface area contributed by atoms with Gasteiger partial charge in [-0.3, -0.25) is 0 Å². The zero-order valence-corrected chi connectivity index (χ0v) is 12.1. The molecule has 1 saturated heterocycles. The number of epoxide rings is 1. The lowest BCUT2D eigenvalue weighted by Gasteiger charge is -2.25. The zero-order chi connectivity index (χ0) is 13.9. The first-order valence-electron chi connectivity index (χ1n) is 6.91. The molecule has 0 saturated carbocycles. The van der Waals surface area contributed by atoms with Crippen LogP contribution in [0.3, 0.4) is 0 Å². The van der Waals surface area contributed by atoms with E-state index in [1.807, 2.05) is 32.0 Å². The number of hydrogen-bond acceptors (Lipinski definition) is 3. The van der Waals surface area contributed by atoms with Gasteiger partial charge in [-0.15, -0.1) is 0 Å². The van der Waals surface area contributed by atoms with Gasteiger partial charge >= 0.3 is 0 Å². The molecular weight excluding hydrogens is 240 g/mol. The van der Waals surface area contributed by atoms with E-state index in [1.165, 1.54) is 5.56 Å². The smallest absolute Gasteiger partial charge is 0.115 e. The summed E-state index contributed by atoms with van der Waals surface area (Å²) in [5.74, 6) is 0. The van der Waals surface area contributed by atoms with Crippen molar-refractivity contribution in [1.82, 2.24) is 0 Å². The van der Waals surface area contributed by atoms with E-state index in [0.29, 0.717) is 13.0 Å². The molecule has 0 bridgehead atoms. The van der Waals surface area contributed by atoms with Gasteiger partial charge < -0.3 is 14.6 Å². The summed E-state index contributed by atoms with van der Waals surface area (Å²) in [4.78, 5) is 0. The minimum Gasteiger partial charge on any atom is -0.390 e. The summed E-state index contributed by atoms with van der Waals surface area (Å²) in [7, 11) is 0. The Morgan fingerprint density at radius 2 is 2.00 bits per heavy atom. The Bertz CT molecular complexity index is 390. The van der Waals surface area contributed by atoms with Gasteiger partial charge in [0, 0.05) is 0 Å². The molecule has 2 atom stereocenters. The topological polar surface area (TPSA) is 42.0 Å². The molecule has 1 aromatic carbocycles. The fourth-order valence-corrected chi connectivity index (χ4v) is 2.12. The highest BCUT2D eigenvalue weighted by atomic mass is 16.6. The molecule has 1 fully saturated rings. The van der Waals surface area contributed by atoms with E-state index in [1.54, 1.807) is 0 Å². The van der Waals surface area contributed by atoms with Crippen LogP contribution in [0.4, 0.5) is 0 Å². The second-order valence-electron chi connectivity index (χ2n) is 6.24. The number of ether oxygens (including phenoxy) is 2. The van der Waals surface area contributed by atoms with E-state index < -0.39 is 5.60 Å². The van der Waals surface area contributed by atoms with Crippen molar-refractivity contribution in [2.24, 2.45) is 0 Å². The minimum atomic E-state index is -0.653. The Kier molecular flexibility index (Phi) is 4.29. The highest BCUT2D eigenvalue weighted by molar-refractivity contribution is 5.13. The zero-order valence-electron chi connectivity index (χ0n) is 12.1. The number of rotatable bonds is 7. The molecular formula is C16H24O3. The third kappa shape index (κ3) is 4.60. The second-order valence-corrected chi connectivity index (χ2v) is 6.24. The number of hydrogen-bond donors (Lipinski definition) is 1. The first kappa shape index (κ1) is 14.5. The molecule has 1 aromatic rings. The third-order valence-electron chi connectivity index (χ3n) is 3.59. The van der Waals surface area contributed by atoms with E-state index in [-0.39, 0.29) is 11.7 Å². The van der Waals surface area contributed by atoms with Crippen molar-refractivity contribution in [1.29, 1.82) is 0 Å². The predicted molar refractivity (Wildman–Crippen MR) is 74.9 cm³/mol. The quantitative estimate of drug-likeness (QED) is 0.770. The Labute approximate surface area is 115 Å². The summed E-state index contributed by atoms with van der Waals surface area (Å²) in [6, 6.07) is 10.1. The van der Waals surface area contributed by atoms with Crippen molar-refractivity contribution in [3.63, 3.8) is 0 Å². The lowest BCUT2D eigenvalue weighted by atomic mass is 9.94. The molecule has 0 amide bonds. The van der Waals surface area contributed by atoms with Crippen molar-refractivity contribution in [3.05, 3.63) is 35.9 Å². The van der Waals surface area contributed by atoms with Crippen LogP contribution in [0.25, 0.3) is 0 Å². The standard InChI is InChI=1S/C16H24O3/c1-15(2,17)10-9-14(16(3)12-19-16)18-11-13-7-5-4-6-8-13/h4-8,14,17H,9-12H2,1-3H3/t14-,16-/m1/s1. The largest absolute Gasteiger partial charge is 0.390 e. The molecule has 1 heterocycles. The molecule has 3 nitrogen and oxygen atoms in total. The van der Waals surface area contributed by atoms with Gasteiger partial charge in [-0.2, -0.15) is 0 Å². The molecule has 1 aliphatic rings. The third-order valence-corrected chi connectivity index (χ3v) is 3.59. The van der Waals surface area contributed by atoms with E-state index >= 15 is 0 Å². The maximum atomic E-state index is 9.84. The molecule has 106 valence electrons. The van der Waals surface area contributed by atoms with Crippen molar-refractivity contribution in [2.45, 2.75) is 57.5 Å². The summed E-state index contributed by atoms with van der Waals surface area (Å²) in [6.45, 7) is 7.08. The van der Waals surface area contributed by atoms with Crippen LogP contribution in [0.2, 0.25) is 0 Å². The first-order valence-corrected chi connectivity index (χ1v) is 6.91. The van der Waals surface area contributed by atoms with Gasteiger partial charge in [0.15, 0.2) is 0 Å². The molecule has 0 radical (unpaired) electrons. The molecule has 19 heavy (non-hydrogen) atoms. The molecule has 3 heteroatoms. The molecule has 0 unspecified atom stereocenters. The Hall–Kier alpha value is -0.900. The monoisotopic (exact) mass is 264 g/mol. The highest BCUT2D eigenvalue weighted by Gasteiger charge is 2.47. The van der Waals surface area contributed by atoms with Gasteiger partial charge in [-0.05, 0) is 39.2 Å². The fourth-order valence-electron chi connectivity index (χ4n) is 2.12. The maximum Gasteiger partial charge on any atom is 0.115 e. The van der Waals surface area contributed by atoms with Gasteiger partial charge in [-0.1, -0.05) is 30.3 Å². The molecule has 0 spiro atoms. The number of benzene rings is 1. The first-order chi connectivity index (χ1) is 8.89. The molecule has 0 aromatic heterocycles. The summed E-state index contributed by atoms with van der Waals surface area (Å²) >= 11 is 0. The van der Waals surface area contributed by atoms with Crippen LogP contribution in [0.15, 0.2) is 30.3 Å². The molecule has 0 aliphatic carbocycles. The van der Waals surface area contributed by atoms with Crippen molar-refractivity contribution >= 4 is 0 Å². The Morgan fingerprint density at radius 3 is 2.53 bits per heavy atom. The van der Waals surface area contributed by atoms with Gasteiger partial charge in [0.05, 0.1) is 24.9 Å². The van der Waals surface area contributed by atoms with Crippen LogP contribution >= 0.6 is 0 Å². The summed E-state index contributed by atoms with van der Waals surface area (Å²) in [6.07, 6.45) is 1.57. The van der Waals surface area contributed by atoms with Crippen molar-refractivity contribution in [3.8, 4) is 0 Å². The maximum absolute atomic E-state index is 9.84. The van der Waals surface area contributed by atoms with Crippen molar-refractivity contribution in [2.75, 3.05) is 6.61 Å². The lowest BCUT2D eigenvalue weighted by Crippen LogP contribution is -2.32. The average Bonchev–Trinajstić information content (AvgIpc) is 3.08. The summed E-state index contributed by atoms with van der Waals surface area (Å²) in [5.41, 5.74) is 0.347.